The molecule has 1 unspecified atom stereocenters. The molecule has 3 aromatic carbocycles. The maximum Gasteiger partial charge on any atom is 0.253 e. The number of H-pyrrole nitrogens is 1. The Balaban J connectivity index is 1.40. The van der Waals surface area contributed by atoms with Crippen LogP contribution in [0.2, 0.25) is 0 Å². The topological polar surface area (TPSA) is 92.2 Å². The zero-order chi connectivity index (χ0) is 27.6. The van der Waals surface area contributed by atoms with Crippen molar-refractivity contribution >= 4 is 16.6 Å². The van der Waals surface area contributed by atoms with Gasteiger partial charge < -0.3 is 14.6 Å². The Hall–Kier alpha value is -4.50. The summed E-state index contributed by atoms with van der Waals surface area (Å²) in [5.41, 5.74) is 5.85. The van der Waals surface area contributed by atoms with E-state index in [2.05, 4.69) is 68.4 Å². The van der Waals surface area contributed by atoms with Gasteiger partial charge in [0.15, 0.2) is 5.82 Å². The molecule has 6 rings (SSSR count). The van der Waals surface area contributed by atoms with Gasteiger partial charge in [-0.2, -0.15) is 0 Å². The molecule has 1 atom stereocenters. The molecule has 1 aliphatic rings. The quantitative estimate of drug-likeness (QED) is 0.336. The molecule has 9 heteroatoms. The van der Waals surface area contributed by atoms with Gasteiger partial charge in [0.2, 0.25) is 0 Å². The SMILES string of the molecule is COc1ccccc1N1CCN(C(c2cc3cc(C)c(C)cc3[nH]c2=O)c2nnnn2Cc2ccccc2)CC1. The van der Waals surface area contributed by atoms with E-state index in [9.17, 15) is 4.79 Å². The number of benzene rings is 3. The number of anilines is 1. The number of piperazine rings is 1. The van der Waals surface area contributed by atoms with E-state index in [0.717, 1.165) is 59.6 Å². The lowest BCUT2D eigenvalue weighted by molar-refractivity contribution is 0.200. The molecule has 1 fully saturated rings. The highest BCUT2D eigenvalue weighted by atomic mass is 16.5. The fraction of sp³-hybridized carbons (Fsp3) is 0.290. The predicted octanol–water partition coefficient (Wildman–Crippen LogP) is 4.10. The van der Waals surface area contributed by atoms with Crippen molar-refractivity contribution in [2.45, 2.75) is 26.4 Å². The fourth-order valence-corrected chi connectivity index (χ4v) is 5.58. The number of para-hydroxylation sites is 2. The van der Waals surface area contributed by atoms with Crippen LogP contribution in [0.3, 0.4) is 0 Å². The Morgan fingerprint density at radius 1 is 0.925 bits per heavy atom. The van der Waals surface area contributed by atoms with Crippen LogP contribution >= 0.6 is 0 Å². The number of ether oxygens (including phenoxy) is 1. The maximum absolute atomic E-state index is 13.7. The lowest BCUT2D eigenvalue weighted by Crippen LogP contribution is -2.49. The number of pyridine rings is 1. The summed E-state index contributed by atoms with van der Waals surface area (Å²) in [6, 6.07) is 24.0. The highest BCUT2D eigenvalue weighted by molar-refractivity contribution is 5.81. The van der Waals surface area contributed by atoms with E-state index in [-0.39, 0.29) is 5.56 Å². The standard InChI is InChI=1S/C31H33N7O2/c1-21-17-24-19-25(31(39)32-26(24)18-22(21)2)29(30-33-34-35-38(30)20-23-9-5-4-6-10-23)37-15-13-36(14-16-37)27-11-7-8-12-28(27)40-3/h4-12,17-19,29H,13-16,20H2,1-3H3,(H,32,39). The average molecular weight is 536 g/mol. The third kappa shape index (κ3) is 4.96. The number of hydrogen-bond acceptors (Lipinski definition) is 7. The predicted molar refractivity (Wildman–Crippen MR) is 156 cm³/mol. The number of tetrazole rings is 1. The third-order valence-corrected chi connectivity index (χ3v) is 7.87. The Kier molecular flexibility index (Phi) is 7.04. The number of fused-ring (bicyclic) bond motifs is 1. The summed E-state index contributed by atoms with van der Waals surface area (Å²) in [5.74, 6) is 1.51. The van der Waals surface area contributed by atoms with E-state index in [0.29, 0.717) is 17.9 Å². The third-order valence-electron chi connectivity index (χ3n) is 7.87. The monoisotopic (exact) mass is 535 g/mol. The van der Waals surface area contributed by atoms with Gasteiger partial charge in [0, 0.05) is 37.3 Å². The number of hydrogen-bond donors (Lipinski definition) is 1. The zero-order valence-electron chi connectivity index (χ0n) is 23.0. The van der Waals surface area contributed by atoms with E-state index in [1.807, 2.05) is 53.2 Å². The molecular weight excluding hydrogens is 502 g/mol. The second-order valence-electron chi connectivity index (χ2n) is 10.4. The lowest BCUT2D eigenvalue weighted by Gasteiger charge is -2.40. The number of aromatic nitrogens is 5. The van der Waals surface area contributed by atoms with E-state index in [1.165, 1.54) is 5.56 Å². The maximum atomic E-state index is 13.7. The second-order valence-corrected chi connectivity index (χ2v) is 10.4. The summed E-state index contributed by atoms with van der Waals surface area (Å²) in [5, 5.41) is 13.9. The van der Waals surface area contributed by atoms with Crippen molar-refractivity contribution in [3.05, 3.63) is 111 Å². The van der Waals surface area contributed by atoms with Gasteiger partial charge in [0.25, 0.3) is 5.56 Å². The molecule has 1 N–H and O–H groups in total. The first-order valence-electron chi connectivity index (χ1n) is 13.6. The molecule has 204 valence electrons. The Bertz CT molecular complexity index is 1690. The molecule has 1 aliphatic heterocycles. The minimum absolute atomic E-state index is 0.123. The van der Waals surface area contributed by atoms with E-state index in [4.69, 9.17) is 4.74 Å². The van der Waals surface area contributed by atoms with Gasteiger partial charge in [0.05, 0.1) is 19.3 Å². The van der Waals surface area contributed by atoms with Crippen LogP contribution in [-0.2, 0) is 6.54 Å². The first-order valence-corrected chi connectivity index (χ1v) is 13.6. The first-order chi connectivity index (χ1) is 19.5. The van der Waals surface area contributed by atoms with Crippen molar-refractivity contribution in [1.29, 1.82) is 0 Å². The molecule has 3 heterocycles. The lowest BCUT2D eigenvalue weighted by atomic mass is 10.00. The normalized spacial score (nSPS) is 14.9. The Labute approximate surface area is 233 Å². The van der Waals surface area contributed by atoms with E-state index in [1.54, 1.807) is 7.11 Å². The van der Waals surface area contributed by atoms with Gasteiger partial charge in [-0.05, 0) is 76.7 Å². The fourth-order valence-electron chi connectivity index (χ4n) is 5.58. The van der Waals surface area contributed by atoms with Crippen molar-refractivity contribution in [2.75, 3.05) is 38.2 Å². The van der Waals surface area contributed by atoms with Crippen molar-refractivity contribution in [2.24, 2.45) is 0 Å². The average Bonchev–Trinajstić information content (AvgIpc) is 3.43. The van der Waals surface area contributed by atoms with Crippen LogP contribution in [-0.4, -0.2) is 63.4 Å². The van der Waals surface area contributed by atoms with Crippen molar-refractivity contribution in [3.63, 3.8) is 0 Å². The van der Waals surface area contributed by atoms with Crippen molar-refractivity contribution in [1.82, 2.24) is 30.1 Å². The van der Waals surface area contributed by atoms with Crippen LogP contribution in [0.15, 0.2) is 77.6 Å². The van der Waals surface area contributed by atoms with E-state index < -0.39 is 6.04 Å². The summed E-state index contributed by atoms with van der Waals surface area (Å²) in [6.45, 7) is 7.68. The van der Waals surface area contributed by atoms with Gasteiger partial charge in [-0.15, -0.1) is 5.10 Å². The van der Waals surface area contributed by atoms with Crippen LogP contribution in [0.25, 0.3) is 10.9 Å². The molecule has 5 aromatic rings. The highest BCUT2D eigenvalue weighted by Crippen LogP contribution is 2.32. The Morgan fingerprint density at radius 3 is 2.42 bits per heavy atom. The number of aryl methyl sites for hydroxylation is 2. The number of methoxy groups -OCH3 is 1. The number of nitrogens with zero attached hydrogens (tertiary/aromatic N) is 6. The molecule has 0 spiro atoms. The smallest absolute Gasteiger partial charge is 0.253 e. The zero-order valence-corrected chi connectivity index (χ0v) is 23.0. The van der Waals surface area contributed by atoms with Gasteiger partial charge in [-0.25, -0.2) is 4.68 Å². The van der Waals surface area contributed by atoms with Crippen molar-refractivity contribution in [3.8, 4) is 5.75 Å². The van der Waals surface area contributed by atoms with Crippen LogP contribution in [0, 0.1) is 13.8 Å². The van der Waals surface area contributed by atoms with Crippen molar-refractivity contribution < 1.29 is 4.74 Å². The summed E-state index contributed by atoms with van der Waals surface area (Å²) in [6.07, 6.45) is 0. The molecule has 9 nitrogen and oxygen atoms in total. The number of rotatable bonds is 7. The minimum Gasteiger partial charge on any atom is -0.495 e. The van der Waals surface area contributed by atoms with E-state index >= 15 is 0 Å². The summed E-state index contributed by atoms with van der Waals surface area (Å²) in [7, 11) is 1.70. The Morgan fingerprint density at radius 2 is 1.65 bits per heavy atom. The summed E-state index contributed by atoms with van der Waals surface area (Å²) >= 11 is 0. The van der Waals surface area contributed by atoms with Gasteiger partial charge in [-0.1, -0.05) is 42.5 Å². The summed E-state index contributed by atoms with van der Waals surface area (Å²) in [4.78, 5) is 21.4. The molecule has 0 amide bonds. The van der Waals surface area contributed by atoms with Gasteiger partial charge in [0.1, 0.15) is 11.8 Å². The van der Waals surface area contributed by atoms with Crippen LogP contribution in [0.5, 0.6) is 5.75 Å². The first kappa shape index (κ1) is 25.8. The van der Waals surface area contributed by atoms with Crippen LogP contribution < -0.4 is 15.2 Å². The highest BCUT2D eigenvalue weighted by Gasteiger charge is 2.33. The molecule has 0 saturated carbocycles. The van der Waals surface area contributed by atoms with Crippen LogP contribution in [0.1, 0.15) is 34.1 Å². The molecule has 1 saturated heterocycles. The minimum atomic E-state index is -0.409. The summed E-state index contributed by atoms with van der Waals surface area (Å²) < 4.78 is 7.43. The van der Waals surface area contributed by atoms with Crippen LogP contribution in [0.4, 0.5) is 5.69 Å². The second kappa shape index (κ2) is 10.9. The molecule has 40 heavy (non-hydrogen) atoms. The number of aromatic amines is 1. The molecule has 0 radical (unpaired) electrons. The largest absolute Gasteiger partial charge is 0.495 e. The van der Waals surface area contributed by atoms with Gasteiger partial charge >= 0.3 is 0 Å². The number of nitrogens with one attached hydrogen (secondary N) is 1. The van der Waals surface area contributed by atoms with Gasteiger partial charge in [-0.3, -0.25) is 9.69 Å². The molecular formula is C31H33N7O2. The molecule has 0 aliphatic carbocycles. The molecule has 2 aromatic heterocycles. The molecule has 0 bridgehead atoms.